The normalized spacial score (nSPS) is 10.8. The fourth-order valence-corrected chi connectivity index (χ4v) is 3.60. The molecule has 0 saturated heterocycles. The average molecular weight is 432 g/mol. The van der Waals surface area contributed by atoms with Crippen LogP contribution in [0.1, 0.15) is 37.7 Å². The number of hydrogen-bond donors (Lipinski definition) is 0. The molecule has 0 aliphatic rings. The number of ketones is 1. The molecular formula is C24H21FN4O3. The van der Waals surface area contributed by atoms with Crippen molar-refractivity contribution in [3.05, 3.63) is 101 Å². The fraction of sp³-hybridized carbons (Fsp3) is 0.167. The van der Waals surface area contributed by atoms with Crippen molar-refractivity contribution >= 4 is 11.8 Å². The second-order valence-corrected chi connectivity index (χ2v) is 7.39. The van der Waals surface area contributed by atoms with E-state index < -0.39 is 5.97 Å². The average Bonchev–Trinajstić information content (AvgIpc) is 3.39. The first-order valence-electron chi connectivity index (χ1n) is 9.99. The molecular weight excluding hydrogens is 411 g/mol. The zero-order chi connectivity index (χ0) is 22.7. The number of aromatic nitrogens is 4. The highest BCUT2D eigenvalue weighted by Crippen LogP contribution is 2.22. The van der Waals surface area contributed by atoms with Crippen molar-refractivity contribution in [1.29, 1.82) is 0 Å². The molecule has 32 heavy (non-hydrogen) atoms. The van der Waals surface area contributed by atoms with Gasteiger partial charge < -0.3 is 9.30 Å². The van der Waals surface area contributed by atoms with Gasteiger partial charge in [0.25, 0.3) is 0 Å². The van der Waals surface area contributed by atoms with Crippen LogP contribution in [-0.4, -0.2) is 37.7 Å². The first-order chi connectivity index (χ1) is 15.4. The zero-order valence-corrected chi connectivity index (χ0v) is 17.7. The first kappa shape index (κ1) is 21.2. The molecule has 0 radical (unpaired) electrons. The van der Waals surface area contributed by atoms with Crippen molar-refractivity contribution in [2.24, 2.45) is 0 Å². The number of aryl methyl sites for hydroxylation is 1. The molecule has 0 spiro atoms. The maximum absolute atomic E-state index is 13.6. The summed E-state index contributed by atoms with van der Waals surface area (Å²) < 4.78 is 22.3. The maximum Gasteiger partial charge on any atom is 0.338 e. The van der Waals surface area contributed by atoms with E-state index in [4.69, 9.17) is 4.74 Å². The fourth-order valence-electron chi connectivity index (χ4n) is 3.60. The summed E-state index contributed by atoms with van der Waals surface area (Å²) in [6.45, 7) is 3.77. The second kappa shape index (κ2) is 8.97. The lowest BCUT2D eigenvalue weighted by Crippen LogP contribution is -2.15. The molecule has 4 aromatic rings. The molecule has 0 bridgehead atoms. The quantitative estimate of drug-likeness (QED) is 0.327. The molecule has 2 aromatic heterocycles. The Morgan fingerprint density at radius 2 is 1.84 bits per heavy atom. The number of esters is 1. The molecule has 0 aliphatic heterocycles. The van der Waals surface area contributed by atoms with Gasteiger partial charge in [-0.25, -0.2) is 18.9 Å². The van der Waals surface area contributed by atoms with Gasteiger partial charge in [0.15, 0.2) is 6.61 Å². The van der Waals surface area contributed by atoms with E-state index in [0.29, 0.717) is 29.1 Å². The summed E-state index contributed by atoms with van der Waals surface area (Å²) in [5.74, 6) is -1.26. The van der Waals surface area contributed by atoms with E-state index >= 15 is 0 Å². The van der Waals surface area contributed by atoms with E-state index in [2.05, 4.69) is 10.1 Å². The van der Waals surface area contributed by atoms with Crippen LogP contribution in [0.4, 0.5) is 4.39 Å². The highest BCUT2D eigenvalue weighted by molar-refractivity contribution is 6.00. The van der Waals surface area contributed by atoms with Gasteiger partial charge >= 0.3 is 5.97 Å². The van der Waals surface area contributed by atoms with Crippen LogP contribution >= 0.6 is 0 Å². The smallest absolute Gasteiger partial charge is 0.338 e. The van der Waals surface area contributed by atoms with Gasteiger partial charge in [-0.15, -0.1) is 0 Å². The Bertz CT molecular complexity index is 1260. The van der Waals surface area contributed by atoms with E-state index in [1.165, 1.54) is 18.5 Å². The van der Waals surface area contributed by atoms with Gasteiger partial charge in [-0.3, -0.25) is 4.79 Å². The molecule has 8 heteroatoms. The highest BCUT2D eigenvalue weighted by Gasteiger charge is 2.19. The van der Waals surface area contributed by atoms with Crippen molar-refractivity contribution in [3.63, 3.8) is 0 Å². The summed E-state index contributed by atoms with van der Waals surface area (Å²) in [4.78, 5) is 29.0. The number of carbonyl (C=O) groups is 2. The van der Waals surface area contributed by atoms with Gasteiger partial charge in [0.2, 0.25) is 5.78 Å². The minimum absolute atomic E-state index is 0.322. The van der Waals surface area contributed by atoms with E-state index in [1.54, 1.807) is 65.0 Å². The number of Topliss-reactive ketones (excluding diaryl/α,β-unsaturated/α-hetero) is 1. The number of hydrogen-bond acceptors (Lipinski definition) is 5. The predicted molar refractivity (Wildman–Crippen MR) is 115 cm³/mol. The van der Waals surface area contributed by atoms with Crippen molar-refractivity contribution in [3.8, 4) is 5.69 Å². The van der Waals surface area contributed by atoms with Gasteiger partial charge in [-0.1, -0.05) is 18.2 Å². The minimum Gasteiger partial charge on any atom is -0.454 e. The molecule has 4 rings (SSSR count). The summed E-state index contributed by atoms with van der Waals surface area (Å²) in [7, 11) is 0. The van der Waals surface area contributed by atoms with Crippen molar-refractivity contribution in [2.45, 2.75) is 20.4 Å². The predicted octanol–water partition coefficient (Wildman–Crippen LogP) is 3.91. The standard InChI is InChI=1S/C24H21FN4O3/c1-16-10-22(17(2)29(16)21-5-3-4-20(25)11-21)23(30)13-32-24(31)19-8-6-18(7-9-19)12-28-15-26-14-27-28/h3-11,14-15H,12-13H2,1-2H3. The molecule has 162 valence electrons. The molecule has 0 aliphatic carbocycles. The second-order valence-electron chi connectivity index (χ2n) is 7.39. The molecule has 0 unspecified atom stereocenters. The number of benzene rings is 2. The number of carbonyl (C=O) groups excluding carboxylic acids is 2. The van der Waals surface area contributed by atoms with Gasteiger partial charge in [0.1, 0.15) is 18.5 Å². The highest BCUT2D eigenvalue weighted by atomic mass is 19.1. The van der Waals surface area contributed by atoms with Gasteiger partial charge in [-0.2, -0.15) is 5.10 Å². The van der Waals surface area contributed by atoms with E-state index in [1.807, 2.05) is 6.92 Å². The van der Waals surface area contributed by atoms with Crippen LogP contribution in [0.2, 0.25) is 0 Å². The Kier molecular flexibility index (Phi) is 5.93. The van der Waals surface area contributed by atoms with Crippen LogP contribution in [0.15, 0.2) is 67.3 Å². The Morgan fingerprint density at radius 1 is 1.06 bits per heavy atom. The lowest BCUT2D eigenvalue weighted by molar-refractivity contribution is 0.0474. The molecule has 2 aromatic carbocycles. The number of nitrogens with zero attached hydrogens (tertiary/aromatic N) is 4. The summed E-state index contributed by atoms with van der Waals surface area (Å²) in [5.41, 5.74) is 3.81. The zero-order valence-electron chi connectivity index (χ0n) is 17.7. The topological polar surface area (TPSA) is 79.0 Å². The van der Waals surface area contributed by atoms with E-state index in [9.17, 15) is 14.0 Å². The van der Waals surface area contributed by atoms with Crippen LogP contribution in [0.5, 0.6) is 0 Å². The molecule has 0 atom stereocenters. The minimum atomic E-state index is -0.579. The van der Waals surface area contributed by atoms with E-state index in [0.717, 1.165) is 11.3 Å². The van der Waals surface area contributed by atoms with Crippen LogP contribution in [0.3, 0.4) is 0 Å². The van der Waals surface area contributed by atoms with Gasteiger partial charge in [0, 0.05) is 22.6 Å². The van der Waals surface area contributed by atoms with Crippen molar-refractivity contribution in [2.75, 3.05) is 6.61 Å². The SMILES string of the molecule is Cc1cc(C(=O)COC(=O)c2ccc(Cn3cncn3)cc2)c(C)n1-c1cccc(F)c1. The third-order valence-electron chi connectivity index (χ3n) is 5.13. The summed E-state index contributed by atoms with van der Waals surface area (Å²) in [6.07, 6.45) is 3.07. The summed E-state index contributed by atoms with van der Waals surface area (Å²) >= 11 is 0. The maximum atomic E-state index is 13.6. The third kappa shape index (κ3) is 4.49. The molecule has 7 nitrogen and oxygen atoms in total. The largest absolute Gasteiger partial charge is 0.454 e. The molecule has 0 amide bonds. The summed E-state index contributed by atoms with van der Waals surface area (Å²) in [5, 5.41) is 4.04. The van der Waals surface area contributed by atoms with E-state index in [-0.39, 0.29) is 18.2 Å². The molecule has 2 heterocycles. The van der Waals surface area contributed by atoms with Crippen LogP contribution in [0.25, 0.3) is 5.69 Å². The Balaban J connectivity index is 1.41. The van der Waals surface area contributed by atoms with Crippen molar-refractivity contribution < 1.29 is 18.7 Å². The Morgan fingerprint density at radius 3 is 2.53 bits per heavy atom. The lowest BCUT2D eigenvalue weighted by Gasteiger charge is -2.10. The number of rotatable bonds is 7. The Hall–Kier alpha value is -4.07. The van der Waals surface area contributed by atoms with Crippen LogP contribution < -0.4 is 0 Å². The van der Waals surface area contributed by atoms with Gasteiger partial charge in [-0.05, 0) is 55.8 Å². The third-order valence-corrected chi connectivity index (χ3v) is 5.13. The molecule has 0 fully saturated rings. The Labute approximate surface area is 184 Å². The van der Waals surface area contributed by atoms with Crippen LogP contribution in [-0.2, 0) is 11.3 Å². The first-order valence-corrected chi connectivity index (χ1v) is 9.99. The van der Waals surface area contributed by atoms with Crippen molar-refractivity contribution in [1.82, 2.24) is 19.3 Å². The van der Waals surface area contributed by atoms with Gasteiger partial charge in [0.05, 0.1) is 12.1 Å². The summed E-state index contributed by atoms with van der Waals surface area (Å²) in [6, 6.07) is 14.8. The number of ether oxygens (including phenoxy) is 1. The lowest BCUT2D eigenvalue weighted by atomic mass is 10.1. The number of halogens is 1. The molecule has 0 N–H and O–H groups in total. The molecule has 0 saturated carbocycles. The monoisotopic (exact) mass is 432 g/mol. The van der Waals surface area contributed by atoms with Crippen LogP contribution in [0, 0.1) is 19.7 Å².